The molecule has 2 heterocycles. The van der Waals surface area contributed by atoms with Gasteiger partial charge in [-0.15, -0.1) is 0 Å². The van der Waals surface area contributed by atoms with Gasteiger partial charge < -0.3 is 10.2 Å². The Morgan fingerprint density at radius 1 is 1.07 bits per heavy atom. The standard InChI is InChI=1S/C29H40FN7O3S/c1-18(2)37-27-25(16-31-29(34-27)32-21-10-12-22(13-11-21)36(3)4)33-26(28(37)38)20-9-14-24(23(30)15-20)35-41(39,40)17-19-7-5-6-8-19/h9,14-16,18-19,21-22,35H,5-8,10-13,17H2,1-4H3,(H,31,32,34). The number of nitrogens with one attached hydrogen (secondary N) is 2. The lowest BCUT2D eigenvalue weighted by atomic mass is 9.91. The maximum absolute atomic E-state index is 15.1. The molecular formula is C29H40FN7O3S. The second kappa shape index (κ2) is 12.0. The molecule has 10 nitrogen and oxygen atoms in total. The molecule has 2 aliphatic carbocycles. The lowest BCUT2D eigenvalue weighted by Crippen LogP contribution is -2.36. The van der Waals surface area contributed by atoms with E-state index in [0.717, 1.165) is 57.4 Å². The molecule has 1 aromatic carbocycles. The van der Waals surface area contributed by atoms with E-state index >= 15 is 4.39 Å². The van der Waals surface area contributed by atoms with Gasteiger partial charge in [0.05, 0.1) is 17.6 Å². The number of rotatable bonds is 9. The number of hydrogen-bond acceptors (Lipinski definition) is 8. The van der Waals surface area contributed by atoms with E-state index in [2.05, 4.69) is 44.0 Å². The second-order valence-corrected chi connectivity index (χ2v) is 13.7. The molecule has 12 heteroatoms. The average Bonchev–Trinajstić information content (AvgIpc) is 3.42. The normalized spacial score (nSPS) is 20.3. The minimum atomic E-state index is -3.69. The zero-order valence-corrected chi connectivity index (χ0v) is 25.0. The molecule has 0 amide bonds. The predicted molar refractivity (Wildman–Crippen MR) is 160 cm³/mol. The topological polar surface area (TPSA) is 122 Å². The monoisotopic (exact) mass is 585 g/mol. The Kier molecular flexibility index (Phi) is 8.60. The summed E-state index contributed by atoms with van der Waals surface area (Å²) >= 11 is 0. The molecule has 2 aliphatic rings. The molecule has 0 radical (unpaired) electrons. The summed E-state index contributed by atoms with van der Waals surface area (Å²) in [6, 6.07) is 4.60. The molecule has 5 rings (SSSR count). The summed E-state index contributed by atoms with van der Waals surface area (Å²) in [5, 5.41) is 3.43. The van der Waals surface area contributed by atoms with Gasteiger partial charge in [0.1, 0.15) is 17.0 Å². The summed E-state index contributed by atoms with van der Waals surface area (Å²) in [6.07, 6.45) is 9.59. The summed E-state index contributed by atoms with van der Waals surface area (Å²) in [5.74, 6) is -0.237. The third kappa shape index (κ3) is 6.69. The lowest BCUT2D eigenvalue weighted by Gasteiger charge is -2.32. The Morgan fingerprint density at radius 2 is 1.78 bits per heavy atom. The number of hydrogen-bond donors (Lipinski definition) is 2. The Balaban J connectivity index is 1.40. The van der Waals surface area contributed by atoms with Gasteiger partial charge in [-0.05, 0) is 84.5 Å². The van der Waals surface area contributed by atoms with Gasteiger partial charge in [0, 0.05) is 23.7 Å². The number of aromatic nitrogens is 4. The molecule has 222 valence electrons. The van der Waals surface area contributed by atoms with Crippen LogP contribution in [0.2, 0.25) is 0 Å². The van der Waals surface area contributed by atoms with Gasteiger partial charge in [0.25, 0.3) is 5.56 Å². The van der Waals surface area contributed by atoms with Gasteiger partial charge in [-0.3, -0.25) is 14.1 Å². The van der Waals surface area contributed by atoms with Crippen molar-refractivity contribution in [2.24, 2.45) is 5.92 Å². The molecule has 0 unspecified atom stereocenters. The van der Waals surface area contributed by atoms with Crippen LogP contribution in [0, 0.1) is 11.7 Å². The van der Waals surface area contributed by atoms with Crippen molar-refractivity contribution in [2.45, 2.75) is 83.3 Å². The van der Waals surface area contributed by atoms with Crippen LogP contribution in [0.4, 0.5) is 16.0 Å². The Labute approximate surface area is 240 Å². The SMILES string of the molecule is CC(C)n1c(=O)c(-c2ccc(NS(=O)(=O)CC3CCCC3)c(F)c2)nc2cnc(NC3CCC(N(C)C)CC3)nc21. The maximum Gasteiger partial charge on any atom is 0.278 e. The molecule has 0 atom stereocenters. The number of benzene rings is 1. The first-order valence-corrected chi connectivity index (χ1v) is 16.2. The molecular weight excluding hydrogens is 545 g/mol. The summed E-state index contributed by atoms with van der Waals surface area (Å²) < 4.78 is 44.3. The van der Waals surface area contributed by atoms with Crippen molar-refractivity contribution in [3.05, 3.63) is 40.6 Å². The van der Waals surface area contributed by atoms with Crippen LogP contribution in [0.3, 0.4) is 0 Å². The van der Waals surface area contributed by atoms with E-state index in [-0.39, 0.29) is 40.7 Å². The van der Waals surface area contributed by atoms with E-state index in [9.17, 15) is 13.2 Å². The molecule has 41 heavy (non-hydrogen) atoms. The first-order chi connectivity index (χ1) is 19.5. The molecule has 0 spiro atoms. The summed E-state index contributed by atoms with van der Waals surface area (Å²) in [4.78, 5) is 29.6. The smallest absolute Gasteiger partial charge is 0.278 e. The molecule has 2 aromatic heterocycles. The van der Waals surface area contributed by atoms with Gasteiger partial charge in [0.15, 0.2) is 5.65 Å². The van der Waals surface area contributed by atoms with Crippen LogP contribution in [0.5, 0.6) is 0 Å². The molecule has 2 N–H and O–H groups in total. The van der Waals surface area contributed by atoms with Crippen molar-refractivity contribution < 1.29 is 12.8 Å². The van der Waals surface area contributed by atoms with Crippen LogP contribution in [0.25, 0.3) is 22.4 Å². The molecule has 0 saturated heterocycles. The second-order valence-electron chi connectivity index (χ2n) is 12.0. The fourth-order valence-corrected chi connectivity index (χ4v) is 7.64. The first-order valence-electron chi connectivity index (χ1n) is 14.5. The fourth-order valence-electron chi connectivity index (χ4n) is 6.10. The van der Waals surface area contributed by atoms with Gasteiger partial charge in [-0.2, -0.15) is 4.98 Å². The minimum Gasteiger partial charge on any atom is -0.351 e. The van der Waals surface area contributed by atoms with Gasteiger partial charge >= 0.3 is 0 Å². The van der Waals surface area contributed by atoms with Crippen molar-refractivity contribution in [3.8, 4) is 11.3 Å². The quantitative estimate of drug-likeness (QED) is 0.368. The van der Waals surface area contributed by atoms with Crippen molar-refractivity contribution in [3.63, 3.8) is 0 Å². The number of sulfonamides is 1. The van der Waals surface area contributed by atoms with E-state index in [1.54, 1.807) is 10.8 Å². The maximum atomic E-state index is 15.1. The largest absolute Gasteiger partial charge is 0.351 e. The van der Waals surface area contributed by atoms with E-state index in [1.165, 1.54) is 12.1 Å². The first kappa shape index (κ1) is 29.4. The van der Waals surface area contributed by atoms with Crippen LogP contribution < -0.4 is 15.6 Å². The van der Waals surface area contributed by atoms with Crippen molar-refractivity contribution in [1.82, 2.24) is 24.4 Å². The fraction of sp³-hybridized carbons (Fsp3) is 0.586. The molecule has 2 saturated carbocycles. The third-order valence-corrected chi connectivity index (χ3v) is 9.79. The highest BCUT2D eigenvalue weighted by Crippen LogP contribution is 2.29. The van der Waals surface area contributed by atoms with Crippen LogP contribution >= 0.6 is 0 Å². The third-order valence-electron chi connectivity index (χ3n) is 8.35. The van der Waals surface area contributed by atoms with E-state index in [0.29, 0.717) is 23.2 Å². The Bertz CT molecular complexity index is 1560. The average molecular weight is 586 g/mol. The van der Waals surface area contributed by atoms with Crippen molar-refractivity contribution in [1.29, 1.82) is 0 Å². The number of nitrogens with zero attached hydrogens (tertiary/aromatic N) is 5. The minimum absolute atomic E-state index is 0.0201. The Hall–Kier alpha value is -3.12. The molecule has 0 bridgehead atoms. The van der Waals surface area contributed by atoms with E-state index in [1.807, 2.05) is 13.8 Å². The zero-order chi connectivity index (χ0) is 29.3. The summed E-state index contributed by atoms with van der Waals surface area (Å²) in [6.45, 7) is 3.76. The van der Waals surface area contributed by atoms with Gasteiger partial charge in [-0.1, -0.05) is 18.9 Å². The van der Waals surface area contributed by atoms with Crippen LogP contribution in [-0.4, -0.2) is 64.8 Å². The highest BCUT2D eigenvalue weighted by molar-refractivity contribution is 7.92. The van der Waals surface area contributed by atoms with Crippen LogP contribution in [-0.2, 0) is 10.0 Å². The highest BCUT2D eigenvalue weighted by atomic mass is 32.2. The van der Waals surface area contributed by atoms with Crippen LogP contribution in [0.15, 0.2) is 29.2 Å². The molecule has 2 fully saturated rings. The molecule has 0 aliphatic heterocycles. The predicted octanol–water partition coefficient (Wildman–Crippen LogP) is 4.79. The highest BCUT2D eigenvalue weighted by Gasteiger charge is 2.25. The Morgan fingerprint density at radius 3 is 2.41 bits per heavy atom. The lowest BCUT2D eigenvalue weighted by molar-refractivity contribution is 0.221. The summed E-state index contributed by atoms with van der Waals surface area (Å²) in [7, 11) is 0.530. The summed E-state index contributed by atoms with van der Waals surface area (Å²) in [5.41, 5.74) is 0.578. The van der Waals surface area contributed by atoms with E-state index < -0.39 is 21.4 Å². The van der Waals surface area contributed by atoms with Gasteiger partial charge in [0.2, 0.25) is 16.0 Å². The number of anilines is 2. The van der Waals surface area contributed by atoms with E-state index in [4.69, 9.17) is 0 Å². The van der Waals surface area contributed by atoms with Gasteiger partial charge in [-0.25, -0.2) is 22.8 Å². The van der Waals surface area contributed by atoms with Crippen molar-refractivity contribution >= 4 is 32.8 Å². The number of fused-ring (bicyclic) bond motifs is 1. The van der Waals surface area contributed by atoms with Crippen LogP contribution in [0.1, 0.15) is 71.3 Å². The molecule has 3 aromatic rings. The van der Waals surface area contributed by atoms with Crippen molar-refractivity contribution in [2.75, 3.05) is 29.9 Å². The zero-order valence-electron chi connectivity index (χ0n) is 24.2. The number of halogens is 1.